The van der Waals surface area contributed by atoms with Gasteiger partial charge in [-0.25, -0.2) is 8.42 Å². The molecule has 1 unspecified atom stereocenters. The second-order valence-electron chi connectivity index (χ2n) is 8.90. The van der Waals surface area contributed by atoms with Crippen LogP contribution in [0.15, 0.2) is 42.5 Å². The van der Waals surface area contributed by atoms with Crippen LogP contribution in [0.25, 0.3) is 0 Å². The normalized spacial score (nSPS) is 12.8. The average molecular weight is 582 g/mol. The fourth-order valence-electron chi connectivity index (χ4n) is 3.34. The minimum Gasteiger partial charge on any atom is -0.354 e. The molecule has 13 heteroatoms. The first-order valence-corrected chi connectivity index (χ1v) is 13.8. The first kappa shape index (κ1) is 30.7. The Kier molecular flexibility index (Phi) is 10.3. The van der Waals surface area contributed by atoms with Gasteiger partial charge in [0.2, 0.25) is 21.8 Å². The van der Waals surface area contributed by atoms with E-state index in [0.29, 0.717) is 33.6 Å². The smallest absolute Gasteiger partial charge is 0.354 e. The quantitative estimate of drug-likeness (QED) is 0.429. The highest BCUT2D eigenvalue weighted by molar-refractivity contribution is 7.92. The highest BCUT2D eigenvalue weighted by Gasteiger charge is 2.34. The highest BCUT2D eigenvalue weighted by atomic mass is 35.5. The van der Waals surface area contributed by atoms with Gasteiger partial charge in [-0.3, -0.25) is 13.9 Å². The van der Waals surface area contributed by atoms with Crippen LogP contribution in [0.3, 0.4) is 0 Å². The zero-order valence-electron chi connectivity index (χ0n) is 20.6. The Morgan fingerprint density at radius 1 is 1.05 bits per heavy atom. The number of halogens is 5. The number of amides is 2. The Hall–Kier alpha value is -2.50. The molecular weight excluding hydrogens is 554 g/mol. The van der Waals surface area contributed by atoms with Gasteiger partial charge in [0.1, 0.15) is 12.6 Å². The minimum atomic E-state index is -4.77. The number of nitrogens with one attached hydrogen (secondary N) is 1. The summed E-state index contributed by atoms with van der Waals surface area (Å²) in [5.74, 6) is -1.17. The summed E-state index contributed by atoms with van der Waals surface area (Å²) in [4.78, 5) is 27.4. The molecular formula is C24H28Cl2F3N3O4S. The van der Waals surface area contributed by atoms with E-state index >= 15 is 0 Å². The molecule has 0 bridgehead atoms. The van der Waals surface area contributed by atoms with E-state index in [9.17, 15) is 31.2 Å². The highest BCUT2D eigenvalue weighted by Crippen LogP contribution is 2.36. The Bertz CT molecular complexity index is 1240. The molecule has 0 heterocycles. The molecule has 0 fully saturated rings. The number of hydrogen-bond donors (Lipinski definition) is 1. The van der Waals surface area contributed by atoms with Gasteiger partial charge in [0, 0.05) is 18.1 Å². The number of alkyl halides is 3. The van der Waals surface area contributed by atoms with E-state index in [0.717, 1.165) is 17.2 Å². The summed E-state index contributed by atoms with van der Waals surface area (Å²) in [5, 5.41) is 2.81. The summed E-state index contributed by atoms with van der Waals surface area (Å²) in [6.07, 6.45) is -4.02. The minimum absolute atomic E-state index is 0.108. The van der Waals surface area contributed by atoms with Crippen molar-refractivity contribution in [1.29, 1.82) is 0 Å². The SMILES string of the molecule is CC(C)CNC(=O)C(C)N(Cc1cccc(Cl)c1)C(=O)CN(c1cc(C(F)(F)F)ccc1Cl)S(C)(=O)=O. The first-order chi connectivity index (χ1) is 17.0. The molecule has 1 atom stereocenters. The number of benzene rings is 2. The number of sulfonamides is 1. The molecule has 0 aliphatic rings. The van der Waals surface area contributed by atoms with E-state index in [2.05, 4.69) is 5.32 Å². The lowest BCUT2D eigenvalue weighted by atomic mass is 10.1. The average Bonchev–Trinajstić information content (AvgIpc) is 2.78. The third-order valence-corrected chi connectivity index (χ3v) is 7.00. The van der Waals surface area contributed by atoms with Crippen LogP contribution in [0, 0.1) is 5.92 Å². The van der Waals surface area contributed by atoms with E-state index in [-0.39, 0.29) is 17.5 Å². The standard InChI is InChI=1S/C24H28Cl2F3N3O4S/c1-15(2)12-30-23(34)16(3)31(13-17-6-5-7-19(25)10-17)22(33)14-32(37(4,35)36)21-11-18(24(27,28)29)8-9-20(21)26/h5-11,15-16H,12-14H2,1-4H3,(H,30,34). The summed E-state index contributed by atoms with van der Waals surface area (Å²) in [6, 6.07) is 7.67. The van der Waals surface area contributed by atoms with E-state index in [1.165, 1.54) is 6.92 Å². The summed E-state index contributed by atoms with van der Waals surface area (Å²) in [7, 11) is -4.27. The van der Waals surface area contributed by atoms with E-state index in [4.69, 9.17) is 23.2 Å². The first-order valence-electron chi connectivity index (χ1n) is 11.2. The number of nitrogens with zero attached hydrogens (tertiary/aromatic N) is 2. The Balaban J connectivity index is 2.48. The van der Waals surface area contributed by atoms with E-state index < -0.39 is 51.9 Å². The van der Waals surface area contributed by atoms with Crippen LogP contribution in [0.5, 0.6) is 0 Å². The van der Waals surface area contributed by atoms with Crippen molar-refractivity contribution in [3.63, 3.8) is 0 Å². The van der Waals surface area contributed by atoms with Crippen molar-refractivity contribution in [2.45, 2.75) is 39.5 Å². The van der Waals surface area contributed by atoms with Gasteiger partial charge in [0.05, 0.1) is 22.5 Å². The third-order valence-electron chi connectivity index (χ3n) is 5.32. The number of carbonyl (C=O) groups excluding carboxylic acids is 2. The van der Waals surface area contributed by atoms with Gasteiger partial charge in [-0.15, -0.1) is 0 Å². The zero-order chi connectivity index (χ0) is 28.1. The summed E-state index contributed by atoms with van der Waals surface area (Å²) in [5.41, 5.74) is -1.08. The maximum Gasteiger partial charge on any atom is 0.416 e. The van der Waals surface area contributed by atoms with Gasteiger partial charge in [0.25, 0.3) is 0 Å². The number of rotatable bonds is 10. The second-order valence-corrected chi connectivity index (χ2v) is 11.7. The van der Waals surface area contributed by atoms with Crippen molar-refractivity contribution in [3.8, 4) is 0 Å². The third kappa shape index (κ3) is 8.79. The Morgan fingerprint density at radius 2 is 1.70 bits per heavy atom. The molecule has 2 aromatic carbocycles. The van der Waals surface area contributed by atoms with Gasteiger partial charge in [-0.05, 0) is 48.7 Å². The lowest BCUT2D eigenvalue weighted by molar-refractivity contribution is -0.139. The molecule has 0 saturated carbocycles. The molecule has 0 aliphatic heterocycles. The predicted molar refractivity (Wildman–Crippen MR) is 138 cm³/mol. The van der Waals surface area contributed by atoms with Crippen molar-refractivity contribution in [1.82, 2.24) is 10.2 Å². The molecule has 204 valence electrons. The molecule has 2 rings (SSSR count). The van der Waals surface area contributed by atoms with Gasteiger partial charge < -0.3 is 10.2 Å². The van der Waals surface area contributed by atoms with Crippen LogP contribution in [0.1, 0.15) is 31.9 Å². The van der Waals surface area contributed by atoms with Crippen molar-refractivity contribution in [2.24, 2.45) is 5.92 Å². The fraction of sp³-hybridized carbons (Fsp3) is 0.417. The maximum absolute atomic E-state index is 13.5. The van der Waals surface area contributed by atoms with Crippen LogP contribution in [-0.4, -0.2) is 50.5 Å². The maximum atomic E-state index is 13.5. The van der Waals surface area contributed by atoms with Gasteiger partial charge in [-0.2, -0.15) is 13.2 Å². The molecule has 1 N–H and O–H groups in total. The van der Waals surface area contributed by atoms with Crippen molar-refractivity contribution < 1.29 is 31.2 Å². The lowest BCUT2D eigenvalue weighted by Gasteiger charge is -2.32. The van der Waals surface area contributed by atoms with Crippen molar-refractivity contribution in [3.05, 3.63) is 63.6 Å². The van der Waals surface area contributed by atoms with Gasteiger partial charge >= 0.3 is 6.18 Å². The van der Waals surface area contributed by atoms with Gasteiger partial charge in [0.15, 0.2) is 0 Å². The van der Waals surface area contributed by atoms with Crippen LogP contribution in [0.2, 0.25) is 10.0 Å². The predicted octanol–water partition coefficient (Wildman–Crippen LogP) is 4.97. The lowest BCUT2D eigenvalue weighted by Crippen LogP contribution is -2.51. The van der Waals surface area contributed by atoms with Crippen LogP contribution >= 0.6 is 23.2 Å². The Labute approximate surface area is 224 Å². The molecule has 37 heavy (non-hydrogen) atoms. The molecule has 0 aromatic heterocycles. The molecule has 0 aliphatic carbocycles. The van der Waals surface area contributed by atoms with Crippen LogP contribution < -0.4 is 9.62 Å². The van der Waals surface area contributed by atoms with Crippen LogP contribution in [-0.2, 0) is 32.3 Å². The molecule has 0 saturated heterocycles. The monoisotopic (exact) mass is 581 g/mol. The van der Waals surface area contributed by atoms with Crippen molar-refractivity contribution >= 4 is 50.7 Å². The summed E-state index contributed by atoms with van der Waals surface area (Å²) >= 11 is 12.1. The summed E-state index contributed by atoms with van der Waals surface area (Å²) in [6.45, 7) is 4.61. The Morgan fingerprint density at radius 3 is 2.24 bits per heavy atom. The molecule has 2 amide bonds. The largest absolute Gasteiger partial charge is 0.416 e. The summed E-state index contributed by atoms with van der Waals surface area (Å²) < 4.78 is 65.6. The fourth-order valence-corrected chi connectivity index (χ4v) is 4.68. The molecule has 7 nitrogen and oxygen atoms in total. The second kappa shape index (κ2) is 12.4. The number of carbonyl (C=O) groups is 2. The number of anilines is 1. The van der Waals surface area contributed by atoms with Crippen molar-refractivity contribution in [2.75, 3.05) is 23.7 Å². The number of hydrogen-bond acceptors (Lipinski definition) is 4. The zero-order valence-corrected chi connectivity index (χ0v) is 23.0. The molecule has 2 aromatic rings. The topological polar surface area (TPSA) is 86.8 Å². The van der Waals surface area contributed by atoms with Crippen LogP contribution in [0.4, 0.5) is 18.9 Å². The van der Waals surface area contributed by atoms with Gasteiger partial charge in [-0.1, -0.05) is 49.2 Å². The van der Waals surface area contributed by atoms with E-state index in [1.54, 1.807) is 24.3 Å². The van der Waals surface area contributed by atoms with E-state index in [1.807, 2.05) is 13.8 Å². The molecule has 0 spiro atoms. The molecule has 0 radical (unpaired) electrons.